The van der Waals surface area contributed by atoms with Crippen LogP contribution in [0.15, 0.2) is 101 Å². The van der Waals surface area contributed by atoms with Crippen LogP contribution in [0.25, 0.3) is 12.2 Å². The van der Waals surface area contributed by atoms with Crippen molar-refractivity contribution in [1.29, 1.82) is 0 Å². The SMILES string of the molecule is COc1ccc(/C=C(\NC(=O)c2ccccc2)C(=O)Nc2ccc(C(=O)/C=C/c3ccsc3)cc2)cc1OC. The van der Waals surface area contributed by atoms with Gasteiger partial charge in [0.25, 0.3) is 11.8 Å². The first-order valence-corrected chi connectivity index (χ1v) is 12.9. The average Bonchev–Trinajstić information content (AvgIpc) is 3.50. The lowest BCUT2D eigenvalue weighted by Crippen LogP contribution is -2.30. The van der Waals surface area contributed by atoms with Gasteiger partial charge in [0.05, 0.1) is 14.2 Å². The second-order valence-corrected chi connectivity index (χ2v) is 9.06. The summed E-state index contributed by atoms with van der Waals surface area (Å²) in [4.78, 5) is 38.7. The van der Waals surface area contributed by atoms with E-state index in [1.807, 2.05) is 16.8 Å². The van der Waals surface area contributed by atoms with E-state index in [9.17, 15) is 14.4 Å². The van der Waals surface area contributed by atoms with Crippen LogP contribution in [-0.2, 0) is 4.79 Å². The summed E-state index contributed by atoms with van der Waals surface area (Å²) in [5, 5.41) is 9.38. The molecule has 0 radical (unpaired) electrons. The smallest absolute Gasteiger partial charge is 0.272 e. The lowest BCUT2D eigenvalue weighted by Gasteiger charge is -2.13. The number of amides is 2. The van der Waals surface area contributed by atoms with Crippen LogP contribution in [-0.4, -0.2) is 31.8 Å². The zero-order chi connectivity index (χ0) is 27.6. The maximum absolute atomic E-state index is 13.3. The number of carbonyl (C=O) groups is 3. The molecule has 0 atom stereocenters. The quantitative estimate of drug-likeness (QED) is 0.189. The Hall–Kier alpha value is -4.95. The summed E-state index contributed by atoms with van der Waals surface area (Å²) in [6.45, 7) is 0. The Labute approximate surface area is 230 Å². The molecular formula is C31H26N2O5S. The van der Waals surface area contributed by atoms with Gasteiger partial charge in [-0.2, -0.15) is 11.3 Å². The van der Waals surface area contributed by atoms with Crippen LogP contribution in [0.1, 0.15) is 31.8 Å². The van der Waals surface area contributed by atoms with Crippen molar-refractivity contribution in [3.63, 3.8) is 0 Å². The van der Waals surface area contributed by atoms with Gasteiger partial charge < -0.3 is 20.1 Å². The number of hydrogen-bond donors (Lipinski definition) is 2. The number of methoxy groups -OCH3 is 2. The van der Waals surface area contributed by atoms with Crippen LogP contribution in [0, 0.1) is 0 Å². The van der Waals surface area contributed by atoms with Crippen molar-refractivity contribution in [1.82, 2.24) is 5.32 Å². The van der Waals surface area contributed by atoms with Gasteiger partial charge >= 0.3 is 0 Å². The zero-order valence-electron chi connectivity index (χ0n) is 21.3. The molecule has 0 bridgehead atoms. The van der Waals surface area contributed by atoms with E-state index in [-0.39, 0.29) is 11.5 Å². The normalized spacial score (nSPS) is 11.2. The number of allylic oxidation sites excluding steroid dienone is 1. The molecule has 4 aromatic rings. The molecular weight excluding hydrogens is 512 g/mol. The third-order valence-electron chi connectivity index (χ3n) is 5.65. The third kappa shape index (κ3) is 7.30. The van der Waals surface area contributed by atoms with Gasteiger partial charge in [-0.25, -0.2) is 0 Å². The Morgan fingerprint density at radius 1 is 0.795 bits per heavy atom. The predicted octanol–water partition coefficient (Wildman–Crippen LogP) is 6.07. The number of carbonyl (C=O) groups excluding carboxylic acids is 3. The molecule has 0 aliphatic heterocycles. The Morgan fingerprint density at radius 3 is 2.21 bits per heavy atom. The number of ketones is 1. The standard InChI is InChI=1S/C31H26N2O5S/c1-37-28-15-9-22(19-29(28)38-2)18-26(33-30(35)24-6-4-3-5-7-24)31(36)32-25-12-10-23(11-13-25)27(34)14-8-21-16-17-39-20-21/h3-20H,1-2H3,(H,32,36)(H,33,35)/b14-8+,26-18-. The van der Waals surface area contributed by atoms with Gasteiger partial charge in [-0.3, -0.25) is 14.4 Å². The van der Waals surface area contributed by atoms with Crippen LogP contribution in [0.4, 0.5) is 5.69 Å². The van der Waals surface area contributed by atoms with Crippen molar-refractivity contribution in [2.45, 2.75) is 0 Å². The van der Waals surface area contributed by atoms with Crippen LogP contribution < -0.4 is 20.1 Å². The Kier molecular flexibility index (Phi) is 9.05. The molecule has 0 saturated carbocycles. The van der Waals surface area contributed by atoms with Crippen molar-refractivity contribution in [3.05, 3.63) is 124 Å². The molecule has 0 aliphatic rings. The number of hydrogen-bond acceptors (Lipinski definition) is 6. The molecule has 0 spiro atoms. The van der Waals surface area contributed by atoms with E-state index < -0.39 is 11.8 Å². The van der Waals surface area contributed by atoms with E-state index in [1.165, 1.54) is 20.3 Å². The zero-order valence-corrected chi connectivity index (χ0v) is 22.2. The van der Waals surface area contributed by atoms with Gasteiger partial charge in [0.15, 0.2) is 17.3 Å². The van der Waals surface area contributed by atoms with E-state index in [1.54, 1.807) is 96.3 Å². The maximum atomic E-state index is 13.3. The molecule has 4 rings (SSSR count). The van der Waals surface area contributed by atoms with E-state index in [0.29, 0.717) is 33.9 Å². The Bertz CT molecular complexity index is 1510. The molecule has 8 heteroatoms. The lowest BCUT2D eigenvalue weighted by molar-refractivity contribution is -0.113. The lowest BCUT2D eigenvalue weighted by atomic mass is 10.1. The molecule has 0 unspecified atom stereocenters. The molecule has 2 amide bonds. The Balaban J connectivity index is 1.54. The number of rotatable bonds is 10. The number of anilines is 1. The minimum absolute atomic E-state index is 0.0231. The fourth-order valence-electron chi connectivity index (χ4n) is 3.61. The Morgan fingerprint density at radius 2 is 1.54 bits per heavy atom. The molecule has 1 heterocycles. The molecule has 0 saturated heterocycles. The molecule has 0 fully saturated rings. The van der Waals surface area contributed by atoms with Gasteiger partial charge in [-0.15, -0.1) is 0 Å². The molecule has 196 valence electrons. The van der Waals surface area contributed by atoms with Gasteiger partial charge in [0, 0.05) is 16.8 Å². The average molecular weight is 539 g/mol. The molecule has 7 nitrogen and oxygen atoms in total. The summed E-state index contributed by atoms with van der Waals surface area (Å²) in [6, 6.07) is 22.2. The van der Waals surface area contributed by atoms with Crippen molar-refractivity contribution in [2.24, 2.45) is 0 Å². The van der Waals surface area contributed by atoms with Crippen LogP contribution in [0.2, 0.25) is 0 Å². The largest absolute Gasteiger partial charge is 0.493 e. The van der Waals surface area contributed by atoms with Gasteiger partial charge in [-0.05, 0) is 88.6 Å². The fourth-order valence-corrected chi connectivity index (χ4v) is 4.23. The van der Waals surface area contributed by atoms with Gasteiger partial charge in [0.2, 0.25) is 0 Å². The van der Waals surface area contributed by atoms with Crippen molar-refractivity contribution in [2.75, 3.05) is 19.5 Å². The van der Waals surface area contributed by atoms with E-state index in [2.05, 4.69) is 10.6 Å². The highest BCUT2D eigenvalue weighted by atomic mass is 32.1. The van der Waals surface area contributed by atoms with E-state index in [0.717, 1.165) is 5.56 Å². The summed E-state index contributed by atoms with van der Waals surface area (Å²) >= 11 is 1.56. The molecule has 0 aliphatic carbocycles. The number of nitrogens with one attached hydrogen (secondary N) is 2. The first kappa shape index (κ1) is 27.1. The van der Waals surface area contributed by atoms with E-state index >= 15 is 0 Å². The highest BCUT2D eigenvalue weighted by molar-refractivity contribution is 7.08. The van der Waals surface area contributed by atoms with Crippen LogP contribution in [0.5, 0.6) is 11.5 Å². The summed E-state index contributed by atoms with van der Waals surface area (Å²) in [5.41, 5.74) is 2.95. The van der Waals surface area contributed by atoms with Gasteiger partial charge in [0.1, 0.15) is 5.70 Å². The number of ether oxygens (including phenoxy) is 2. The highest BCUT2D eigenvalue weighted by Gasteiger charge is 2.16. The summed E-state index contributed by atoms with van der Waals surface area (Å²) < 4.78 is 10.6. The topological polar surface area (TPSA) is 93.7 Å². The van der Waals surface area contributed by atoms with Crippen molar-refractivity contribution >= 4 is 46.8 Å². The maximum Gasteiger partial charge on any atom is 0.272 e. The first-order valence-electron chi connectivity index (χ1n) is 11.9. The first-order chi connectivity index (χ1) is 19.0. The number of thiophene rings is 1. The number of benzene rings is 3. The molecule has 3 aromatic carbocycles. The second kappa shape index (κ2) is 13.0. The summed E-state index contributed by atoms with van der Waals surface area (Å²) in [5.74, 6) is -0.105. The minimum atomic E-state index is -0.537. The minimum Gasteiger partial charge on any atom is -0.493 e. The monoisotopic (exact) mass is 538 g/mol. The molecule has 39 heavy (non-hydrogen) atoms. The predicted molar refractivity (Wildman–Crippen MR) is 154 cm³/mol. The van der Waals surface area contributed by atoms with Gasteiger partial charge in [-0.1, -0.05) is 30.3 Å². The third-order valence-corrected chi connectivity index (χ3v) is 6.35. The van der Waals surface area contributed by atoms with Crippen LogP contribution >= 0.6 is 11.3 Å². The molecule has 1 aromatic heterocycles. The fraction of sp³-hybridized carbons (Fsp3) is 0.0645. The summed E-state index contributed by atoms with van der Waals surface area (Å²) in [6.07, 6.45) is 4.82. The second-order valence-electron chi connectivity index (χ2n) is 8.28. The van der Waals surface area contributed by atoms with Crippen molar-refractivity contribution in [3.8, 4) is 11.5 Å². The highest BCUT2D eigenvalue weighted by Crippen LogP contribution is 2.28. The van der Waals surface area contributed by atoms with Crippen LogP contribution in [0.3, 0.4) is 0 Å². The van der Waals surface area contributed by atoms with E-state index in [4.69, 9.17) is 9.47 Å². The summed E-state index contributed by atoms with van der Waals surface area (Å²) in [7, 11) is 3.05. The van der Waals surface area contributed by atoms with Crippen molar-refractivity contribution < 1.29 is 23.9 Å². The molecule has 2 N–H and O–H groups in total.